The second-order valence-electron chi connectivity index (χ2n) is 9.62. The molecule has 4 heteroatoms. The number of piperazine rings is 1. The molecule has 0 amide bonds. The van der Waals surface area contributed by atoms with Crippen LogP contribution in [-0.4, -0.2) is 36.0 Å². The monoisotopic (exact) mass is 468 g/mol. The number of halogens is 2. The second-order valence-corrected chi connectivity index (χ2v) is 10.1. The van der Waals surface area contributed by atoms with Crippen LogP contribution in [-0.2, 0) is 12.0 Å². The van der Waals surface area contributed by atoms with Crippen LogP contribution in [0.2, 0.25) is 5.02 Å². The zero-order valence-electron chi connectivity index (χ0n) is 19.3. The van der Waals surface area contributed by atoms with Crippen molar-refractivity contribution in [1.82, 2.24) is 9.80 Å². The molecule has 1 fully saturated rings. The van der Waals surface area contributed by atoms with Gasteiger partial charge in [0.1, 0.15) is 0 Å². The third-order valence-electron chi connectivity index (χ3n) is 6.30. The fourth-order valence-electron chi connectivity index (χ4n) is 4.44. The maximum atomic E-state index is 6.16. The summed E-state index contributed by atoms with van der Waals surface area (Å²) >= 11 is 6.16. The summed E-state index contributed by atoms with van der Waals surface area (Å²) in [6.45, 7) is 12.1. The summed E-state index contributed by atoms with van der Waals surface area (Å²) in [7, 11) is 0. The van der Waals surface area contributed by atoms with Crippen LogP contribution in [0.5, 0.6) is 0 Å². The molecule has 170 valence electrons. The fourth-order valence-corrected chi connectivity index (χ4v) is 4.57. The molecule has 0 radical (unpaired) electrons. The molecule has 3 aromatic rings. The number of rotatable bonds is 5. The van der Waals surface area contributed by atoms with Crippen molar-refractivity contribution < 1.29 is 0 Å². The Hall–Kier alpha value is -1.84. The predicted octanol–water partition coefficient (Wildman–Crippen LogP) is 6.97. The molecular weight excluding hydrogens is 435 g/mol. The van der Waals surface area contributed by atoms with E-state index in [1.165, 1.54) is 22.3 Å². The van der Waals surface area contributed by atoms with Crippen molar-refractivity contribution in [3.8, 4) is 0 Å². The molecule has 1 aliphatic heterocycles. The Morgan fingerprint density at radius 2 is 1.31 bits per heavy atom. The summed E-state index contributed by atoms with van der Waals surface area (Å²) in [6.07, 6.45) is 0. The maximum absolute atomic E-state index is 6.16. The van der Waals surface area contributed by atoms with Gasteiger partial charge in [-0.3, -0.25) is 9.80 Å². The Bertz CT molecular complexity index is 955. The summed E-state index contributed by atoms with van der Waals surface area (Å²) in [5.74, 6) is 0. The minimum atomic E-state index is 0. The smallest absolute Gasteiger partial charge is 0.0602 e. The standard InChI is InChI=1S/C28H33ClN2.ClH/c1-28(2,3)25-13-9-22(10-14-25)21-30-17-19-31(20-18-30)27(23-7-5-4-6-8-23)24-11-15-26(29)16-12-24;/h4-16,27H,17-21H2,1-3H3;1H. The second kappa shape index (κ2) is 10.9. The lowest BCUT2D eigenvalue weighted by molar-refractivity contribution is 0.105. The van der Waals surface area contributed by atoms with E-state index in [1.54, 1.807) is 0 Å². The quantitative estimate of drug-likeness (QED) is 0.398. The first-order chi connectivity index (χ1) is 14.9. The van der Waals surface area contributed by atoms with E-state index in [4.69, 9.17) is 11.6 Å². The van der Waals surface area contributed by atoms with Gasteiger partial charge < -0.3 is 0 Å². The lowest BCUT2D eigenvalue weighted by atomic mass is 9.87. The first kappa shape index (κ1) is 24.8. The van der Waals surface area contributed by atoms with E-state index in [0.717, 1.165) is 37.7 Å². The van der Waals surface area contributed by atoms with E-state index in [9.17, 15) is 0 Å². The highest BCUT2D eigenvalue weighted by Crippen LogP contribution is 2.30. The average molecular weight is 470 g/mol. The third kappa shape index (κ3) is 6.14. The van der Waals surface area contributed by atoms with Gasteiger partial charge in [0.25, 0.3) is 0 Å². The van der Waals surface area contributed by atoms with Gasteiger partial charge in [-0.1, -0.05) is 99.1 Å². The summed E-state index contributed by atoms with van der Waals surface area (Å²) in [4.78, 5) is 5.18. The highest BCUT2D eigenvalue weighted by atomic mass is 35.5. The first-order valence-corrected chi connectivity index (χ1v) is 11.6. The molecule has 1 aliphatic rings. The third-order valence-corrected chi connectivity index (χ3v) is 6.55. The van der Waals surface area contributed by atoms with Gasteiger partial charge >= 0.3 is 0 Å². The van der Waals surface area contributed by atoms with Crippen molar-refractivity contribution in [3.63, 3.8) is 0 Å². The van der Waals surface area contributed by atoms with Crippen LogP contribution in [0.3, 0.4) is 0 Å². The van der Waals surface area contributed by atoms with Crippen LogP contribution in [0.25, 0.3) is 0 Å². The molecule has 0 N–H and O–H groups in total. The summed E-state index contributed by atoms with van der Waals surface area (Å²) in [6, 6.07) is 28.6. The summed E-state index contributed by atoms with van der Waals surface area (Å²) in [5.41, 5.74) is 5.66. The molecule has 0 aliphatic carbocycles. The topological polar surface area (TPSA) is 6.48 Å². The molecule has 0 aromatic heterocycles. The highest BCUT2D eigenvalue weighted by Gasteiger charge is 2.26. The van der Waals surface area contributed by atoms with Gasteiger partial charge in [-0.15, -0.1) is 12.4 Å². The van der Waals surface area contributed by atoms with Crippen LogP contribution in [0, 0.1) is 0 Å². The van der Waals surface area contributed by atoms with Gasteiger partial charge in [0.05, 0.1) is 6.04 Å². The van der Waals surface area contributed by atoms with Crippen LogP contribution in [0.15, 0.2) is 78.9 Å². The summed E-state index contributed by atoms with van der Waals surface area (Å²) in [5, 5.41) is 0.790. The summed E-state index contributed by atoms with van der Waals surface area (Å²) < 4.78 is 0. The van der Waals surface area contributed by atoms with Gasteiger partial charge in [0.2, 0.25) is 0 Å². The predicted molar refractivity (Wildman–Crippen MR) is 139 cm³/mol. The Labute approximate surface area is 204 Å². The molecule has 32 heavy (non-hydrogen) atoms. The molecule has 0 saturated carbocycles. The van der Waals surface area contributed by atoms with Gasteiger partial charge in [-0.25, -0.2) is 0 Å². The van der Waals surface area contributed by atoms with Crippen LogP contribution in [0.4, 0.5) is 0 Å². The zero-order chi connectivity index (χ0) is 21.8. The van der Waals surface area contributed by atoms with E-state index in [0.29, 0.717) is 0 Å². The van der Waals surface area contributed by atoms with Crippen molar-refractivity contribution in [1.29, 1.82) is 0 Å². The van der Waals surface area contributed by atoms with Gasteiger partial charge in [0.15, 0.2) is 0 Å². The number of nitrogens with zero attached hydrogens (tertiary/aromatic N) is 2. The highest BCUT2D eigenvalue weighted by molar-refractivity contribution is 6.30. The van der Waals surface area contributed by atoms with Crippen molar-refractivity contribution in [3.05, 3.63) is 106 Å². The molecule has 0 bridgehead atoms. The van der Waals surface area contributed by atoms with Gasteiger partial charge in [-0.05, 0) is 39.8 Å². The van der Waals surface area contributed by atoms with E-state index in [1.807, 2.05) is 12.1 Å². The van der Waals surface area contributed by atoms with E-state index in [2.05, 4.69) is 97.3 Å². The number of hydrogen-bond acceptors (Lipinski definition) is 2. The average Bonchev–Trinajstić information content (AvgIpc) is 2.77. The fraction of sp³-hybridized carbons (Fsp3) is 0.357. The van der Waals surface area contributed by atoms with E-state index < -0.39 is 0 Å². The minimum absolute atomic E-state index is 0. The Balaban J connectivity index is 0.00000289. The molecule has 4 rings (SSSR count). The van der Waals surface area contributed by atoms with Crippen LogP contribution >= 0.6 is 24.0 Å². The van der Waals surface area contributed by atoms with Crippen molar-refractivity contribution in [2.45, 2.75) is 38.8 Å². The zero-order valence-corrected chi connectivity index (χ0v) is 20.9. The normalized spacial score (nSPS) is 16.4. The van der Waals surface area contributed by atoms with Gasteiger partial charge in [0, 0.05) is 37.7 Å². The Morgan fingerprint density at radius 3 is 1.88 bits per heavy atom. The minimum Gasteiger partial charge on any atom is -0.297 e. The molecule has 1 heterocycles. The maximum Gasteiger partial charge on any atom is 0.0602 e. The van der Waals surface area contributed by atoms with E-state index >= 15 is 0 Å². The molecule has 1 atom stereocenters. The molecule has 3 aromatic carbocycles. The Morgan fingerprint density at radius 1 is 0.750 bits per heavy atom. The largest absolute Gasteiger partial charge is 0.297 e. The number of hydrogen-bond donors (Lipinski definition) is 0. The molecule has 1 unspecified atom stereocenters. The molecule has 0 spiro atoms. The SMILES string of the molecule is CC(C)(C)c1ccc(CN2CCN(C(c3ccccc3)c3ccc(Cl)cc3)CC2)cc1.Cl. The lowest BCUT2D eigenvalue weighted by Gasteiger charge is -2.40. The van der Waals surface area contributed by atoms with Gasteiger partial charge in [-0.2, -0.15) is 0 Å². The molecule has 2 nitrogen and oxygen atoms in total. The Kier molecular flexibility index (Phi) is 8.41. The van der Waals surface area contributed by atoms with E-state index in [-0.39, 0.29) is 23.9 Å². The van der Waals surface area contributed by atoms with Crippen molar-refractivity contribution in [2.75, 3.05) is 26.2 Å². The molecular formula is C28H34Cl2N2. The van der Waals surface area contributed by atoms with Crippen LogP contribution in [0.1, 0.15) is 49.1 Å². The molecule has 1 saturated heterocycles. The van der Waals surface area contributed by atoms with Crippen LogP contribution < -0.4 is 0 Å². The van der Waals surface area contributed by atoms with Crippen molar-refractivity contribution >= 4 is 24.0 Å². The lowest BCUT2D eigenvalue weighted by Crippen LogP contribution is -2.47. The number of benzene rings is 3. The van der Waals surface area contributed by atoms with Crippen molar-refractivity contribution in [2.24, 2.45) is 0 Å². The first-order valence-electron chi connectivity index (χ1n) is 11.3.